The van der Waals surface area contributed by atoms with Crippen molar-refractivity contribution in [3.63, 3.8) is 0 Å². The zero-order valence-corrected chi connectivity index (χ0v) is 12.9. The summed E-state index contributed by atoms with van der Waals surface area (Å²) in [4.78, 5) is 32.8. The Balaban J connectivity index is 4.52. The number of aliphatic carboxylic acids is 2. The molecule has 0 aromatic carbocycles. The molecule has 0 heterocycles. The van der Waals surface area contributed by atoms with Crippen molar-refractivity contribution in [1.82, 2.24) is 10.6 Å². The average molecular weight is 324 g/mol. The van der Waals surface area contributed by atoms with Crippen molar-refractivity contribution in [2.75, 3.05) is 12.8 Å². The van der Waals surface area contributed by atoms with Gasteiger partial charge < -0.3 is 20.8 Å². The molecule has 0 radical (unpaired) electrons. The Morgan fingerprint density at radius 1 is 1.19 bits per heavy atom. The molecule has 21 heavy (non-hydrogen) atoms. The molecule has 2 amide bonds. The van der Waals surface area contributed by atoms with E-state index >= 15 is 0 Å². The third kappa shape index (κ3) is 6.93. The number of carboxylic acid groups (broad SMARTS) is 2. The number of nitrogens with one attached hydrogen (secondary N) is 2. The molecule has 4 N–H and O–H groups in total. The minimum absolute atomic E-state index is 0.205. The van der Waals surface area contributed by atoms with Crippen molar-refractivity contribution in [1.29, 1.82) is 0 Å². The van der Waals surface area contributed by atoms with Crippen LogP contribution in [0.2, 0.25) is 0 Å². The van der Waals surface area contributed by atoms with E-state index in [1.54, 1.807) is 0 Å². The summed E-state index contributed by atoms with van der Waals surface area (Å²) < 4.78 is 21.7. The van der Waals surface area contributed by atoms with Gasteiger partial charge in [-0.15, -0.1) is 0 Å². The van der Waals surface area contributed by atoms with Crippen LogP contribution in [0.3, 0.4) is 0 Å². The van der Waals surface area contributed by atoms with E-state index in [-0.39, 0.29) is 13.0 Å². The van der Waals surface area contributed by atoms with Gasteiger partial charge in [0.15, 0.2) is 9.84 Å². The lowest BCUT2D eigenvalue weighted by molar-refractivity contribution is -0.140. The van der Waals surface area contributed by atoms with Crippen LogP contribution in [0, 0.1) is 0 Å². The number of sulfone groups is 1. The summed E-state index contributed by atoms with van der Waals surface area (Å²) in [5.74, 6) is -2.55. The van der Waals surface area contributed by atoms with Crippen molar-refractivity contribution in [3.8, 4) is 0 Å². The molecule has 0 aliphatic heterocycles. The Bertz CT molecular complexity index is 513. The average Bonchev–Trinajstić information content (AvgIpc) is 2.29. The molecule has 0 saturated heterocycles. The third-order valence-electron chi connectivity index (χ3n) is 2.93. The van der Waals surface area contributed by atoms with Crippen LogP contribution in [0.15, 0.2) is 0 Å². The maximum atomic E-state index is 11.5. The molecule has 0 aromatic heterocycles. The molecule has 0 aliphatic carbocycles. The predicted octanol–water partition coefficient (Wildman–Crippen LogP) is -0.573. The van der Waals surface area contributed by atoms with Gasteiger partial charge in [0.25, 0.3) is 0 Å². The molecule has 0 unspecified atom stereocenters. The Morgan fingerprint density at radius 2 is 1.71 bits per heavy atom. The van der Waals surface area contributed by atoms with E-state index in [2.05, 4.69) is 10.6 Å². The molecule has 0 bridgehead atoms. The molecule has 122 valence electrons. The van der Waals surface area contributed by atoms with Crippen LogP contribution < -0.4 is 10.6 Å². The van der Waals surface area contributed by atoms with Gasteiger partial charge in [0.2, 0.25) is 0 Å². The van der Waals surface area contributed by atoms with Gasteiger partial charge in [0, 0.05) is 19.2 Å². The zero-order chi connectivity index (χ0) is 16.8. The molecule has 0 aliphatic rings. The monoisotopic (exact) mass is 324 g/mol. The van der Waals surface area contributed by atoms with Crippen LogP contribution in [0.1, 0.15) is 26.7 Å². The number of hydrogen-bond donors (Lipinski definition) is 4. The van der Waals surface area contributed by atoms with E-state index in [1.165, 1.54) is 13.8 Å². The minimum Gasteiger partial charge on any atom is -0.481 e. The lowest BCUT2D eigenvalue weighted by Crippen LogP contribution is -2.51. The fraction of sp³-hybridized carbons (Fsp3) is 0.727. The normalized spacial score (nSPS) is 13.3. The molecular weight excluding hydrogens is 304 g/mol. The van der Waals surface area contributed by atoms with Crippen LogP contribution in [-0.4, -0.2) is 60.2 Å². The molecule has 10 heteroatoms. The van der Waals surface area contributed by atoms with Gasteiger partial charge in [-0.3, -0.25) is 4.79 Å². The van der Waals surface area contributed by atoms with Gasteiger partial charge in [-0.2, -0.15) is 0 Å². The molecular formula is C11H20N2O7S. The van der Waals surface area contributed by atoms with Crippen LogP contribution >= 0.6 is 0 Å². The lowest BCUT2D eigenvalue weighted by atomic mass is 10.1. The van der Waals surface area contributed by atoms with Gasteiger partial charge in [0.1, 0.15) is 6.04 Å². The zero-order valence-electron chi connectivity index (χ0n) is 12.0. The van der Waals surface area contributed by atoms with E-state index in [1.807, 2.05) is 0 Å². The predicted molar refractivity (Wildman–Crippen MR) is 73.8 cm³/mol. The second-order valence-electron chi connectivity index (χ2n) is 5.18. The van der Waals surface area contributed by atoms with Gasteiger partial charge in [-0.1, -0.05) is 0 Å². The van der Waals surface area contributed by atoms with E-state index in [4.69, 9.17) is 10.2 Å². The first-order chi connectivity index (χ1) is 9.36. The molecule has 0 fully saturated rings. The second kappa shape index (κ2) is 7.25. The summed E-state index contributed by atoms with van der Waals surface area (Å²) in [7, 11) is -3.40. The highest BCUT2D eigenvalue weighted by atomic mass is 32.2. The SMILES string of the molecule is CC(C)(CNC(=O)N[C@@H](CCC(=O)O)C(=O)O)S(C)(=O)=O. The Kier molecular flexibility index (Phi) is 6.61. The number of hydrogen-bond acceptors (Lipinski definition) is 5. The van der Waals surface area contributed by atoms with Crippen molar-refractivity contribution >= 4 is 27.8 Å². The first kappa shape index (κ1) is 19.2. The fourth-order valence-corrected chi connectivity index (χ4v) is 1.49. The number of rotatable bonds is 8. The van der Waals surface area contributed by atoms with Crippen molar-refractivity contribution in [2.45, 2.75) is 37.5 Å². The highest BCUT2D eigenvalue weighted by molar-refractivity contribution is 7.92. The molecule has 0 spiro atoms. The van der Waals surface area contributed by atoms with Crippen molar-refractivity contribution in [2.24, 2.45) is 0 Å². The first-order valence-corrected chi connectivity index (χ1v) is 7.94. The van der Waals surface area contributed by atoms with Crippen LogP contribution in [-0.2, 0) is 19.4 Å². The highest BCUT2D eigenvalue weighted by Crippen LogP contribution is 2.13. The Hall–Kier alpha value is -1.84. The van der Waals surface area contributed by atoms with E-state index in [9.17, 15) is 22.8 Å². The summed E-state index contributed by atoms with van der Waals surface area (Å²) in [6, 6.07) is -2.23. The maximum absolute atomic E-state index is 11.5. The van der Waals surface area contributed by atoms with E-state index in [0.29, 0.717) is 0 Å². The van der Waals surface area contributed by atoms with E-state index < -0.39 is 45.0 Å². The Morgan fingerprint density at radius 3 is 2.10 bits per heavy atom. The topological polar surface area (TPSA) is 150 Å². The first-order valence-electron chi connectivity index (χ1n) is 6.05. The smallest absolute Gasteiger partial charge is 0.326 e. The molecule has 0 rings (SSSR count). The van der Waals surface area contributed by atoms with E-state index in [0.717, 1.165) is 6.26 Å². The highest BCUT2D eigenvalue weighted by Gasteiger charge is 2.31. The minimum atomic E-state index is -3.40. The quantitative estimate of drug-likeness (QED) is 0.466. The Labute approximate surface area is 122 Å². The second-order valence-corrected chi connectivity index (χ2v) is 7.83. The maximum Gasteiger partial charge on any atom is 0.326 e. The summed E-state index contributed by atoms with van der Waals surface area (Å²) in [6.07, 6.45) is 0.346. The van der Waals surface area contributed by atoms with Crippen molar-refractivity contribution < 1.29 is 33.0 Å². The largest absolute Gasteiger partial charge is 0.481 e. The van der Waals surface area contributed by atoms with Gasteiger partial charge in [-0.05, 0) is 20.3 Å². The molecule has 0 saturated carbocycles. The number of amides is 2. The summed E-state index contributed by atoms with van der Waals surface area (Å²) in [5, 5.41) is 21.7. The van der Waals surface area contributed by atoms with Gasteiger partial charge >= 0.3 is 18.0 Å². The van der Waals surface area contributed by atoms with Crippen LogP contribution in [0.25, 0.3) is 0 Å². The molecule has 1 atom stereocenters. The number of carbonyl (C=O) groups is 3. The summed E-state index contributed by atoms with van der Waals surface area (Å²) in [6.45, 7) is 2.63. The van der Waals surface area contributed by atoms with Gasteiger partial charge in [-0.25, -0.2) is 18.0 Å². The van der Waals surface area contributed by atoms with Gasteiger partial charge in [0.05, 0.1) is 4.75 Å². The number of urea groups is 1. The standard InChI is InChI=1S/C11H20N2O7S/c1-11(2,21(3,19)20)6-12-10(18)13-7(9(16)17)4-5-8(14)15/h7H,4-6H2,1-3H3,(H,14,15)(H,16,17)(H2,12,13,18)/t7-/m0/s1. The number of carbonyl (C=O) groups excluding carboxylic acids is 1. The molecule has 9 nitrogen and oxygen atoms in total. The third-order valence-corrected chi connectivity index (χ3v) is 5.08. The molecule has 0 aromatic rings. The fourth-order valence-electron chi connectivity index (χ4n) is 1.16. The van der Waals surface area contributed by atoms with Crippen LogP contribution in [0.4, 0.5) is 4.79 Å². The summed E-state index contributed by atoms with van der Waals surface area (Å²) >= 11 is 0. The van der Waals surface area contributed by atoms with Crippen LogP contribution in [0.5, 0.6) is 0 Å². The lowest BCUT2D eigenvalue weighted by Gasteiger charge is -2.23. The number of carboxylic acids is 2. The summed E-state index contributed by atoms with van der Waals surface area (Å²) in [5.41, 5.74) is 0. The van der Waals surface area contributed by atoms with Crippen molar-refractivity contribution in [3.05, 3.63) is 0 Å².